The highest BCUT2D eigenvalue weighted by molar-refractivity contribution is 7.92. The van der Waals surface area contributed by atoms with E-state index in [9.17, 15) is 18.3 Å². The van der Waals surface area contributed by atoms with Crippen LogP contribution in [-0.4, -0.2) is 31.7 Å². The topological polar surface area (TPSA) is 111 Å². The van der Waals surface area contributed by atoms with Crippen molar-refractivity contribution in [3.63, 3.8) is 0 Å². The number of aliphatic carboxylic acids is 1. The van der Waals surface area contributed by atoms with E-state index in [1.165, 1.54) is 12.1 Å². The Morgan fingerprint density at radius 2 is 1.64 bits per heavy atom. The molecule has 8 nitrogen and oxygen atoms in total. The third-order valence-corrected chi connectivity index (χ3v) is 8.73. The van der Waals surface area contributed by atoms with Crippen molar-refractivity contribution in [1.29, 1.82) is 0 Å². The van der Waals surface area contributed by atoms with Gasteiger partial charge in [-0.25, -0.2) is 13.2 Å². The van der Waals surface area contributed by atoms with Crippen LogP contribution in [-0.2, 0) is 26.0 Å². The Hall–Kier alpha value is -4.34. The maximum Gasteiger partial charge on any atom is 0.337 e. The number of carboxylic acids is 1. The summed E-state index contributed by atoms with van der Waals surface area (Å²) in [6, 6.07) is 22.9. The summed E-state index contributed by atoms with van der Waals surface area (Å²) in [4.78, 5) is 12.8. The molecule has 0 aliphatic carbocycles. The highest BCUT2D eigenvalue weighted by atomic mass is 32.2. The average molecular weight is 616 g/mol. The van der Waals surface area contributed by atoms with Gasteiger partial charge in [0.1, 0.15) is 17.2 Å². The Morgan fingerprint density at radius 1 is 0.955 bits per heavy atom. The summed E-state index contributed by atoms with van der Waals surface area (Å²) in [7, 11) is -4.04. The molecule has 2 N–H and O–H groups in total. The van der Waals surface area contributed by atoms with E-state index in [0.29, 0.717) is 40.4 Å². The van der Waals surface area contributed by atoms with Crippen LogP contribution >= 0.6 is 0 Å². The van der Waals surface area contributed by atoms with Gasteiger partial charge in [0.05, 0.1) is 22.8 Å². The van der Waals surface area contributed by atoms with E-state index in [2.05, 4.69) is 4.72 Å². The maximum atomic E-state index is 13.6. The number of carboxylic acid groups (broad SMARTS) is 1. The van der Waals surface area contributed by atoms with Crippen molar-refractivity contribution in [1.82, 2.24) is 0 Å². The first-order valence-electron chi connectivity index (χ1n) is 14.5. The number of aryl methyl sites for hydroxylation is 2. The maximum absolute atomic E-state index is 13.6. The predicted molar refractivity (Wildman–Crippen MR) is 170 cm³/mol. The fourth-order valence-corrected chi connectivity index (χ4v) is 6.49. The van der Waals surface area contributed by atoms with Crippen LogP contribution in [0.4, 0.5) is 5.69 Å². The Morgan fingerprint density at radius 3 is 2.30 bits per heavy atom. The van der Waals surface area contributed by atoms with E-state index in [0.717, 1.165) is 29.7 Å². The van der Waals surface area contributed by atoms with Crippen molar-refractivity contribution in [2.75, 3.05) is 11.3 Å². The van der Waals surface area contributed by atoms with Crippen molar-refractivity contribution in [2.45, 2.75) is 64.1 Å². The van der Waals surface area contributed by atoms with Crippen LogP contribution in [0.15, 0.2) is 83.8 Å². The van der Waals surface area contributed by atoms with Gasteiger partial charge in [-0.3, -0.25) is 4.72 Å². The smallest absolute Gasteiger partial charge is 0.337 e. The number of anilines is 1. The van der Waals surface area contributed by atoms with Gasteiger partial charge in [0, 0.05) is 5.56 Å². The summed E-state index contributed by atoms with van der Waals surface area (Å²) in [6.45, 7) is 9.60. The highest BCUT2D eigenvalue weighted by Crippen LogP contribution is 2.42. The molecule has 1 atom stereocenters. The molecule has 0 saturated carbocycles. The molecule has 4 aromatic carbocycles. The zero-order chi connectivity index (χ0) is 31.6. The summed E-state index contributed by atoms with van der Waals surface area (Å²) in [5.41, 5.74) is 3.60. The van der Waals surface area contributed by atoms with Gasteiger partial charge in [0.25, 0.3) is 10.0 Å². The molecule has 1 aliphatic heterocycles. The van der Waals surface area contributed by atoms with Gasteiger partial charge in [-0.15, -0.1) is 0 Å². The molecule has 0 radical (unpaired) electrons. The molecular weight excluding hydrogens is 578 g/mol. The molecule has 5 rings (SSSR count). The summed E-state index contributed by atoms with van der Waals surface area (Å²) in [5, 5.41) is 10.4. The summed E-state index contributed by atoms with van der Waals surface area (Å²) < 4.78 is 47.6. The van der Waals surface area contributed by atoms with Gasteiger partial charge in [0.15, 0.2) is 6.10 Å². The van der Waals surface area contributed by atoms with E-state index >= 15 is 0 Å². The van der Waals surface area contributed by atoms with E-state index in [4.69, 9.17) is 14.2 Å². The summed E-state index contributed by atoms with van der Waals surface area (Å²) in [6.07, 6.45) is 0.395. The molecule has 0 fully saturated rings. The second kappa shape index (κ2) is 12.3. The van der Waals surface area contributed by atoms with E-state index < -0.39 is 27.7 Å². The molecule has 0 bridgehead atoms. The lowest BCUT2D eigenvalue weighted by Crippen LogP contribution is -2.28. The zero-order valence-electron chi connectivity index (χ0n) is 25.5. The van der Waals surface area contributed by atoms with E-state index in [1.807, 2.05) is 55.5 Å². The molecule has 230 valence electrons. The Balaban J connectivity index is 1.56. The number of para-hydroxylation sites is 1. The highest BCUT2D eigenvalue weighted by Gasteiger charge is 2.33. The fraction of sp³-hybridized carbons (Fsp3) is 0.286. The largest absolute Gasteiger partial charge is 0.493 e. The molecule has 1 unspecified atom stereocenters. The molecule has 9 heteroatoms. The van der Waals surface area contributed by atoms with Crippen LogP contribution in [0.25, 0.3) is 11.1 Å². The normalized spacial score (nSPS) is 13.8. The van der Waals surface area contributed by atoms with Crippen molar-refractivity contribution in [3.8, 4) is 28.4 Å². The lowest BCUT2D eigenvalue weighted by atomic mass is 9.86. The molecular formula is C35H37NO7S. The third-order valence-electron chi connectivity index (χ3n) is 7.34. The number of benzene rings is 4. The SMILES string of the molecule is Cc1cc(NS(=O)(=O)c2ccc(Oc3ccccc3)cc2)c(C)c(C(OC(C)(C)C)C(=O)O)c1-c1ccc2c(c1)CCCO2. The van der Waals surface area contributed by atoms with Gasteiger partial charge in [-0.2, -0.15) is 0 Å². The average Bonchev–Trinajstić information content (AvgIpc) is 2.97. The van der Waals surface area contributed by atoms with Gasteiger partial charge in [-0.1, -0.05) is 24.3 Å². The minimum Gasteiger partial charge on any atom is -0.493 e. The summed E-state index contributed by atoms with van der Waals surface area (Å²) >= 11 is 0. The number of carbonyl (C=O) groups is 1. The second-order valence-electron chi connectivity index (χ2n) is 11.9. The summed E-state index contributed by atoms with van der Waals surface area (Å²) in [5.74, 6) is 0.782. The molecule has 0 aromatic heterocycles. The molecule has 0 spiro atoms. The first kappa shape index (κ1) is 31.1. The number of ether oxygens (including phenoxy) is 3. The molecule has 0 amide bonds. The lowest BCUT2D eigenvalue weighted by Gasteiger charge is -2.30. The van der Waals surface area contributed by atoms with E-state index in [-0.39, 0.29) is 10.6 Å². The number of hydrogen-bond donors (Lipinski definition) is 2. The molecule has 1 aliphatic rings. The number of rotatable bonds is 9. The second-order valence-corrected chi connectivity index (χ2v) is 13.6. The Kier molecular flexibility index (Phi) is 8.72. The molecule has 4 aromatic rings. The minimum atomic E-state index is -4.04. The number of fused-ring (bicyclic) bond motifs is 1. The lowest BCUT2D eigenvalue weighted by molar-refractivity contribution is -0.160. The number of nitrogens with one attached hydrogen (secondary N) is 1. The fourth-order valence-electron chi connectivity index (χ4n) is 5.38. The molecule has 1 heterocycles. The van der Waals surface area contributed by atoms with Crippen molar-refractivity contribution in [2.24, 2.45) is 0 Å². The van der Waals surface area contributed by atoms with Crippen molar-refractivity contribution >= 4 is 21.7 Å². The third kappa shape index (κ3) is 6.90. The minimum absolute atomic E-state index is 0.0380. The van der Waals surface area contributed by atoms with Gasteiger partial charge in [0.2, 0.25) is 0 Å². The Labute approximate surface area is 258 Å². The first-order valence-corrected chi connectivity index (χ1v) is 16.0. The van der Waals surface area contributed by atoms with Crippen LogP contribution in [0.2, 0.25) is 0 Å². The predicted octanol–water partition coefficient (Wildman–Crippen LogP) is 7.83. The van der Waals surface area contributed by atoms with Crippen LogP contribution in [0, 0.1) is 13.8 Å². The van der Waals surface area contributed by atoms with Gasteiger partial charge >= 0.3 is 5.97 Å². The van der Waals surface area contributed by atoms with Crippen molar-refractivity contribution < 1.29 is 32.5 Å². The number of sulfonamides is 1. The molecule has 44 heavy (non-hydrogen) atoms. The van der Waals surface area contributed by atoms with Crippen LogP contribution in [0.5, 0.6) is 17.2 Å². The van der Waals surface area contributed by atoms with Crippen molar-refractivity contribution in [3.05, 3.63) is 101 Å². The van der Waals surface area contributed by atoms with Crippen LogP contribution in [0.3, 0.4) is 0 Å². The van der Waals surface area contributed by atoms with Gasteiger partial charge in [-0.05, 0) is 130 Å². The Bertz CT molecular complexity index is 1780. The standard InChI is InChI=1S/C35H37NO7S/c1-22-20-29(36-44(39,40)28-16-14-27(15-17-28)42-26-11-7-6-8-12-26)23(2)32(33(34(37)38)43-35(3,4)5)31(22)25-13-18-30-24(21-25)10-9-19-41-30/h6-8,11-18,20-21,33,36H,9-10,19H2,1-5H3,(H,37,38). The zero-order valence-corrected chi connectivity index (χ0v) is 26.3. The van der Waals surface area contributed by atoms with Crippen LogP contribution in [0.1, 0.15) is 55.5 Å². The van der Waals surface area contributed by atoms with Crippen LogP contribution < -0.4 is 14.2 Å². The number of hydrogen-bond acceptors (Lipinski definition) is 6. The van der Waals surface area contributed by atoms with Gasteiger partial charge < -0.3 is 19.3 Å². The quantitative estimate of drug-likeness (QED) is 0.197. The monoisotopic (exact) mass is 615 g/mol. The molecule has 0 saturated heterocycles. The van der Waals surface area contributed by atoms with E-state index in [1.54, 1.807) is 45.9 Å². The first-order chi connectivity index (χ1) is 20.8.